The van der Waals surface area contributed by atoms with Crippen LogP contribution in [-0.4, -0.2) is 29.5 Å². The molecule has 0 aliphatic heterocycles. The van der Waals surface area contributed by atoms with Gasteiger partial charge in [0.15, 0.2) is 0 Å². The monoisotopic (exact) mass is 547 g/mol. The maximum Gasteiger partial charge on any atom is 0.224 e. The van der Waals surface area contributed by atoms with Crippen LogP contribution in [0, 0.1) is 5.41 Å². The third-order valence-electron chi connectivity index (χ3n) is 2.75. The van der Waals surface area contributed by atoms with Crippen molar-refractivity contribution < 1.29 is 4.79 Å². The van der Waals surface area contributed by atoms with Gasteiger partial charge in [0.05, 0.1) is 11.3 Å². The number of carbonyl (C=O) groups excluding carboxylic acids is 1. The van der Waals surface area contributed by atoms with E-state index in [1.165, 1.54) is 12.3 Å². The van der Waals surface area contributed by atoms with Gasteiger partial charge in [-0.15, -0.1) is 6.58 Å². The van der Waals surface area contributed by atoms with E-state index in [9.17, 15) is 0 Å². The topological polar surface area (TPSA) is 90.8 Å². The van der Waals surface area contributed by atoms with Crippen molar-refractivity contribution in [3.8, 4) is 11.3 Å². The summed E-state index contributed by atoms with van der Waals surface area (Å²) in [6, 6.07) is 7.78. The predicted molar refractivity (Wildman–Crippen MR) is 139 cm³/mol. The number of benzene rings is 1. The molecule has 1 atom stereocenters. The molecule has 0 spiro atoms. The van der Waals surface area contributed by atoms with Crippen LogP contribution in [0.1, 0.15) is 26.3 Å². The second kappa shape index (κ2) is 19.5. The average molecular weight is 548 g/mol. The van der Waals surface area contributed by atoms with Gasteiger partial charge >= 0.3 is 0 Å². The first kappa shape index (κ1) is 29.4. The quantitative estimate of drug-likeness (QED) is 0.0705. The minimum atomic E-state index is 0.164. The molecule has 1 heterocycles. The number of nitrogens with zero attached hydrogens (tertiary/aromatic N) is 2. The fourth-order valence-corrected chi connectivity index (χ4v) is 2.98. The van der Waals surface area contributed by atoms with Crippen LogP contribution < -0.4 is 10.4 Å². The Morgan fingerprint density at radius 2 is 1.86 bits per heavy atom. The summed E-state index contributed by atoms with van der Waals surface area (Å²) < 4.78 is 0. The molecule has 2 rings (SSSR count). The van der Waals surface area contributed by atoms with Crippen LogP contribution in [0.5, 0.6) is 0 Å². The van der Waals surface area contributed by atoms with E-state index >= 15 is 0 Å². The van der Waals surface area contributed by atoms with Gasteiger partial charge in [-0.3, -0.25) is 4.79 Å². The summed E-state index contributed by atoms with van der Waals surface area (Å²) in [7, 11) is 1.85. The minimum Gasteiger partial charge on any atom is -0.388 e. The Bertz CT molecular complexity index is 769. The Morgan fingerprint density at radius 3 is 2.31 bits per heavy atom. The molecule has 2 aromatic rings. The summed E-state index contributed by atoms with van der Waals surface area (Å²) in [6.45, 7) is 12.4. The lowest BCUT2D eigenvalue weighted by atomic mass is 10.1. The van der Waals surface area contributed by atoms with Gasteiger partial charge in [-0.1, -0.05) is 38.6 Å². The van der Waals surface area contributed by atoms with E-state index in [-0.39, 0.29) is 5.28 Å². The summed E-state index contributed by atoms with van der Waals surface area (Å²) in [4.78, 5) is 17.5. The molecule has 0 amide bonds. The summed E-state index contributed by atoms with van der Waals surface area (Å²) in [5.41, 5.74) is 3.14. The van der Waals surface area contributed by atoms with Crippen molar-refractivity contribution >= 4 is 64.0 Å². The summed E-state index contributed by atoms with van der Waals surface area (Å²) >= 11 is 8.19. The van der Waals surface area contributed by atoms with Crippen molar-refractivity contribution in [2.24, 2.45) is 0 Å². The van der Waals surface area contributed by atoms with Crippen LogP contribution >= 0.6 is 40.0 Å². The lowest BCUT2D eigenvalue weighted by molar-refractivity contribution is -0.104. The molecule has 9 heteroatoms. The van der Waals surface area contributed by atoms with Crippen LogP contribution in [0.4, 0.5) is 11.5 Å². The molecular formula is C20H28ClIN5OP. The molecule has 0 aliphatic rings. The van der Waals surface area contributed by atoms with Crippen LogP contribution in [0.25, 0.3) is 11.3 Å². The van der Waals surface area contributed by atoms with Crippen molar-refractivity contribution in [1.82, 2.24) is 9.97 Å². The van der Waals surface area contributed by atoms with Gasteiger partial charge in [0.1, 0.15) is 12.1 Å². The smallest absolute Gasteiger partial charge is 0.224 e. The van der Waals surface area contributed by atoms with E-state index in [1.807, 2.05) is 52.1 Å². The lowest BCUT2D eigenvalue weighted by Crippen LogP contribution is -2.01. The zero-order valence-electron chi connectivity index (χ0n) is 17.1. The number of rotatable bonds is 6. The fraction of sp³-hybridized carbons (Fsp3) is 0.200. The number of hydrogen-bond donors (Lipinski definition) is 3. The van der Waals surface area contributed by atoms with Gasteiger partial charge < -0.3 is 15.8 Å². The van der Waals surface area contributed by atoms with E-state index in [1.54, 1.807) is 6.08 Å². The fourth-order valence-electron chi connectivity index (χ4n) is 1.76. The van der Waals surface area contributed by atoms with Crippen molar-refractivity contribution in [2.75, 3.05) is 17.5 Å². The highest BCUT2D eigenvalue weighted by Crippen LogP contribution is 2.31. The van der Waals surface area contributed by atoms with Crippen LogP contribution in [0.3, 0.4) is 0 Å². The molecular weight excluding hydrogens is 520 g/mol. The molecule has 0 radical (unpaired) electrons. The number of allylic oxidation sites excluding steroid dienone is 2. The second-order valence-electron chi connectivity index (χ2n) is 4.58. The highest BCUT2D eigenvalue weighted by molar-refractivity contribution is 14.2. The number of anilines is 2. The van der Waals surface area contributed by atoms with E-state index in [2.05, 4.69) is 55.6 Å². The normalized spacial score (nSPS) is 8.76. The Hall–Kier alpha value is -1.83. The number of nitrogens with one attached hydrogen (secondary N) is 3. The molecule has 6 nitrogen and oxygen atoms in total. The van der Waals surface area contributed by atoms with Crippen LogP contribution in [0.15, 0.2) is 49.6 Å². The van der Waals surface area contributed by atoms with Gasteiger partial charge in [0.2, 0.25) is 5.28 Å². The zero-order chi connectivity index (χ0) is 22.7. The van der Waals surface area contributed by atoms with Gasteiger partial charge in [0, 0.05) is 30.9 Å². The van der Waals surface area contributed by atoms with Gasteiger partial charge in [-0.05, 0) is 58.8 Å². The van der Waals surface area contributed by atoms with Crippen LogP contribution in [-0.2, 0) is 4.79 Å². The Morgan fingerprint density at radius 1 is 1.28 bits per heavy atom. The SMILES string of the molecule is C=CC.C=CC=O.CC.CNc1cccc(-c2nc(Cl)nc(NPI)c2C=N)c1. The largest absolute Gasteiger partial charge is 0.388 e. The second-order valence-corrected chi connectivity index (χ2v) is 6.97. The standard InChI is InChI=1S/C12H12ClIN5P.C3H4O.C3H6.C2H6/c1-16-8-4-2-3-7(5-8)10-9(6-15)11(19-20-14)18-12(13)17-10;1-2-3-4;1-3-2;1-2/h2-6,15-16,20H,1H3,(H,17,18,19);2-3H,1H2;3H,1H2,2H3;1-2H3. The first-order valence-corrected chi connectivity index (χ1v) is 13.1. The Labute approximate surface area is 193 Å². The molecule has 0 saturated heterocycles. The summed E-state index contributed by atoms with van der Waals surface area (Å²) in [5.74, 6) is 0.581. The maximum absolute atomic E-state index is 9.06. The molecule has 0 saturated carbocycles. The van der Waals surface area contributed by atoms with E-state index < -0.39 is 0 Å². The first-order chi connectivity index (χ1) is 14.0. The van der Waals surface area contributed by atoms with Crippen molar-refractivity contribution in [3.63, 3.8) is 0 Å². The van der Waals surface area contributed by atoms with Crippen molar-refractivity contribution in [1.29, 1.82) is 5.41 Å². The van der Waals surface area contributed by atoms with Crippen LogP contribution in [0.2, 0.25) is 5.28 Å². The van der Waals surface area contributed by atoms with E-state index in [0.29, 0.717) is 29.7 Å². The predicted octanol–water partition coefficient (Wildman–Crippen LogP) is 6.78. The highest BCUT2D eigenvalue weighted by atomic mass is 127. The zero-order valence-corrected chi connectivity index (χ0v) is 21.0. The van der Waals surface area contributed by atoms with E-state index in [4.69, 9.17) is 21.8 Å². The molecule has 0 fully saturated rings. The summed E-state index contributed by atoms with van der Waals surface area (Å²) in [6.07, 6.45) is 5.27. The van der Waals surface area contributed by atoms with Gasteiger partial charge in [0.25, 0.3) is 0 Å². The molecule has 1 unspecified atom stereocenters. The van der Waals surface area contributed by atoms with Gasteiger partial charge in [-0.2, -0.15) is 4.98 Å². The third kappa shape index (κ3) is 11.7. The maximum atomic E-state index is 9.06. The lowest BCUT2D eigenvalue weighted by Gasteiger charge is -2.11. The van der Waals surface area contributed by atoms with E-state index in [0.717, 1.165) is 11.3 Å². The number of aromatic nitrogens is 2. The average Bonchev–Trinajstić information content (AvgIpc) is 2.76. The number of halogens is 2. The molecule has 0 aliphatic carbocycles. The number of aldehydes is 1. The van der Waals surface area contributed by atoms with Crippen molar-refractivity contribution in [3.05, 3.63) is 60.4 Å². The first-order valence-electron chi connectivity index (χ1n) is 8.63. The van der Waals surface area contributed by atoms with Crippen molar-refractivity contribution in [2.45, 2.75) is 20.8 Å². The molecule has 0 bridgehead atoms. The van der Waals surface area contributed by atoms with Gasteiger partial charge in [-0.25, -0.2) is 4.98 Å². The number of carbonyl (C=O) groups is 1. The Kier molecular flexibility index (Phi) is 19.7. The molecule has 158 valence electrons. The summed E-state index contributed by atoms with van der Waals surface area (Å²) in [5, 5.41) is 14.0. The highest BCUT2D eigenvalue weighted by Gasteiger charge is 2.13. The Balaban J connectivity index is 0. The third-order valence-corrected chi connectivity index (χ3v) is 4.06. The molecule has 29 heavy (non-hydrogen) atoms. The molecule has 1 aromatic heterocycles. The molecule has 1 aromatic carbocycles. The number of hydrogen-bond acceptors (Lipinski definition) is 6. The minimum absolute atomic E-state index is 0.164. The molecule has 3 N–H and O–H groups in total.